The molecular formula is C28H50ClKN5O8S-. The van der Waals surface area contributed by atoms with Gasteiger partial charge in [-0.25, -0.2) is 0 Å². The van der Waals surface area contributed by atoms with E-state index in [-0.39, 0.29) is 83.3 Å². The maximum absolute atomic E-state index is 11.2. The van der Waals surface area contributed by atoms with E-state index in [4.69, 9.17) is 46.8 Å². The maximum Gasteiger partial charge on any atom is 1.00 e. The van der Waals surface area contributed by atoms with Crippen LogP contribution in [0.1, 0.15) is 20.3 Å². The van der Waals surface area contributed by atoms with Crippen molar-refractivity contribution in [2.75, 3.05) is 85.0 Å². The second kappa shape index (κ2) is 35.1. The van der Waals surface area contributed by atoms with Crippen LogP contribution in [0.25, 0.3) is 0 Å². The van der Waals surface area contributed by atoms with Crippen molar-refractivity contribution in [1.82, 2.24) is 0 Å². The molecule has 0 saturated carbocycles. The first-order valence-corrected chi connectivity index (χ1v) is 13.8. The van der Waals surface area contributed by atoms with E-state index < -0.39 is 4.92 Å². The molecule has 250 valence electrons. The van der Waals surface area contributed by atoms with Crippen LogP contribution in [-0.2, 0) is 23.1 Å². The first kappa shape index (κ1) is 50.1. The topological polar surface area (TPSA) is 175 Å². The summed E-state index contributed by atoms with van der Waals surface area (Å²) in [6.07, 6.45) is 3.99. The molecule has 5 N–H and O–H groups in total. The van der Waals surface area contributed by atoms with E-state index in [2.05, 4.69) is 27.4 Å². The number of thiol groups is 1. The summed E-state index contributed by atoms with van der Waals surface area (Å²) >= 11 is 9.60. The van der Waals surface area contributed by atoms with Crippen molar-refractivity contribution in [3.05, 3.63) is 71.9 Å². The van der Waals surface area contributed by atoms with Gasteiger partial charge in [0.2, 0.25) is 0 Å². The van der Waals surface area contributed by atoms with E-state index >= 15 is 0 Å². The van der Waals surface area contributed by atoms with Crippen molar-refractivity contribution in [3.8, 4) is 5.75 Å². The third kappa shape index (κ3) is 26.4. The van der Waals surface area contributed by atoms with Crippen molar-refractivity contribution < 1.29 is 84.2 Å². The molecule has 0 atom stereocenters. The van der Waals surface area contributed by atoms with E-state index in [9.17, 15) is 10.1 Å². The average Bonchev–Trinajstić information content (AvgIpc) is 2.94. The minimum atomic E-state index is -0.573. The van der Waals surface area contributed by atoms with Crippen LogP contribution in [0.5, 0.6) is 5.75 Å². The third-order valence-electron chi connectivity index (χ3n) is 4.62. The number of allylic oxidation sites excluding steroid dienone is 2. The van der Waals surface area contributed by atoms with Crippen LogP contribution in [-0.4, -0.2) is 90.3 Å². The van der Waals surface area contributed by atoms with Gasteiger partial charge >= 0.3 is 57.1 Å². The van der Waals surface area contributed by atoms with E-state index in [1.165, 1.54) is 26.2 Å². The zero-order valence-electron chi connectivity index (χ0n) is 27.0. The minimum absolute atomic E-state index is 0. The van der Waals surface area contributed by atoms with E-state index in [1.54, 1.807) is 18.2 Å². The number of aliphatic imine (C=N–C) groups is 1. The monoisotopic (exact) mass is 690 g/mol. The number of hydrogen-bond donors (Lipinski definition) is 4. The number of benzene rings is 1. The summed E-state index contributed by atoms with van der Waals surface area (Å²) in [4.78, 5) is 14.6. The number of nitrogens with two attached hydrogens (primary N) is 2. The number of anilines is 1. The molecule has 0 radical (unpaired) electrons. The van der Waals surface area contributed by atoms with Crippen LogP contribution in [0.4, 0.5) is 5.69 Å². The van der Waals surface area contributed by atoms with Crippen molar-refractivity contribution in [1.29, 1.82) is 0 Å². The van der Waals surface area contributed by atoms with Crippen LogP contribution < -0.4 is 72.9 Å². The van der Waals surface area contributed by atoms with Crippen LogP contribution >= 0.6 is 24.5 Å². The van der Waals surface area contributed by atoms with Gasteiger partial charge in [0.15, 0.2) is 0 Å². The number of halogens is 1. The van der Waals surface area contributed by atoms with Gasteiger partial charge in [0.25, 0.3) is 0 Å². The Bertz CT molecular complexity index is 939. The Morgan fingerprint density at radius 2 is 1.55 bits per heavy atom. The van der Waals surface area contributed by atoms with Gasteiger partial charge in [0.05, 0.1) is 75.8 Å². The molecule has 0 amide bonds. The molecule has 16 heteroatoms. The second-order valence-electron chi connectivity index (χ2n) is 7.94. The summed E-state index contributed by atoms with van der Waals surface area (Å²) in [5, 5.41) is 14.7. The number of rotatable bonds is 22. The predicted molar refractivity (Wildman–Crippen MR) is 177 cm³/mol. The third-order valence-corrected chi connectivity index (χ3v) is 5.04. The van der Waals surface area contributed by atoms with Crippen LogP contribution in [0.3, 0.4) is 0 Å². The van der Waals surface area contributed by atoms with Crippen LogP contribution in [0, 0.1) is 25.0 Å². The molecule has 44 heavy (non-hydrogen) atoms. The molecule has 1 aromatic carbocycles. The summed E-state index contributed by atoms with van der Waals surface area (Å²) in [7, 11) is 1.44. The van der Waals surface area contributed by atoms with E-state index in [0.29, 0.717) is 82.5 Å². The fourth-order valence-electron chi connectivity index (χ4n) is 2.80. The normalized spacial score (nSPS) is 11.3. The van der Waals surface area contributed by atoms with E-state index in [0.717, 1.165) is 13.0 Å². The number of ether oxygens (including phenoxy) is 5. The minimum Gasteiger partial charge on any atom is -0.489 e. The van der Waals surface area contributed by atoms with Crippen LogP contribution in [0.15, 0.2) is 46.9 Å². The standard InChI is InChI=1S/C23H36ClN5O7.C3H8OS.2CH3.K/c1-18(26)23(29(30)31)20(27-2)5-7-28-21-17-19(24)3-4-22(21)36-16-15-35-14-13-34-12-11-33-10-9-32-8-6-25;1-2-3-4-5;;;/h3-5,7,17,28H,6,8-16,25-26H2,1-2H3;5H,2-3H2,1H3;2*1H3;/q;;2*-1;+1/b7-5+,23-18+,27-20?;;;;. The molecule has 0 saturated heterocycles. The number of nitrogens with zero attached hydrogens (tertiary/aromatic N) is 2. The molecule has 0 aliphatic rings. The predicted octanol–water partition coefficient (Wildman–Crippen LogP) is 1.37. The van der Waals surface area contributed by atoms with Gasteiger partial charge in [-0.2, -0.15) is 0 Å². The number of nitro groups is 1. The van der Waals surface area contributed by atoms with Gasteiger partial charge in [0.1, 0.15) is 18.1 Å². The molecule has 13 nitrogen and oxygen atoms in total. The number of nitrogens with one attached hydrogen (secondary N) is 1. The Balaban J connectivity index is -0.000000921. The molecule has 0 unspecified atom stereocenters. The number of hydrogen-bond acceptors (Lipinski definition) is 13. The van der Waals surface area contributed by atoms with Crippen LogP contribution in [0.2, 0.25) is 5.02 Å². The van der Waals surface area contributed by atoms with Crippen molar-refractivity contribution in [2.45, 2.75) is 20.3 Å². The quantitative estimate of drug-likeness (QED) is 0.0202. The molecule has 0 spiro atoms. The smallest absolute Gasteiger partial charge is 0.489 e. The Morgan fingerprint density at radius 1 is 1.02 bits per heavy atom. The zero-order valence-corrected chi connectivity index (χ0v) is 31.8. The first-order valence-electron chi connectivity index (χ1n) is 13.0. The molecule has 0 fully saturated rings. The Hall–Kier alpha value is -0.794. The molecule has 0 heterocycles. The van der Waals surface area contributed by atoms with Gasteiger partial charge in [-0.05, 0) is 50.5 Å². The Labute approximate surface area is 316 Å². The first-order chi connectivity index (χ1) is 19.8. The fraction of sp³-hybridized carbons (Fsp3) is 0.536. The van der Waals surface area contributed by atoms with Gasteiger partial charge in [-0.1, -0.05) is 18.5 Å². The average molecular weight is 691 g/mol. The largest absolute Gasteiger partial charge is 1.00 e. The zero-order chi connectivity index (χ0) is 30.7. The molecule has 1 rings (SSSR count). The fourth-order valence-corrected chi connectivity index (χ4v) is 3.15. The summed E-state index contributed by atoms with van der Waals surface area (Å²) in [6, 6.07) is 5.07. The van der Waals surface area contributed by atoms with Gasteiger partial charge in [0, 0.05) is 24.8 Å². The SMILES string of the molecule is CCCOS.CN=C(/C=C/Nc1cc(Cl)ccc1OCCOCCOCCOCCOCCN)/C(=C(/C)N)[N+](=O)[O-].[CH3-].[CH3-].[K+]. The van der Waals surface area contributed by atoms with Crippen molar-refractivity contribution in [2.24, 2.45) is 16.5 Å². The maximum atomic E-state index is 11.2. The molecular weight excluding hydrogens is 641 g/mol. The van der Waals surface area contributed by atoms with E-state index in [1.807, 2.05) is 6.92 Å². The van der Waals surface area contributed by atoms with Gasteiger partial charge in [-0.15, -0.1) is 0 Å². The molecule has 0 aliphatic carbocycles. The summed E-state index contributed by atoms with van der Waals surface area (Å²) in [5.41, 5.74) is 11.4. The Morgan fingerprint density at radius 3 is 1.95 bits per heavy atom. The molecule has 0 aromatic heterocycles. The molecule has 0 aliphatic heterocycles. The second-order valence-corrected chi connectivity index (χ2v) is 8.63. The van der Waals surface area contributed by atoms with Crippen molar-refractivity contribution >= 4 is 35.9 Å². The molecule has 0 bridgehead atoms. The Kier molecular flexibility index (Phi) is 39.9. The summed E-state index contributed by atoms with van der Waals surface area (Å²) in [6.45, 7) is 8.76. The van der Waals surface area contributed by atoms with Crippen molar-refractivity contribution in [3.63, 3.8) is 0 Å². The van der Waals surface area contributed by atoms with Gasteiger partial charge in [-0.3, -0.25) is 15.1 Å². The summed E-state index contributed by atoms with van der Waals surface area (Å²) in [5.74, 6) is 0.534. The molecule has 1 aromatic rings. The van der Waals surface area contributed by atoms with Gasteiger partial charge < -0.3 is 59.5 Å². The summed E-state index contributed by atoms with van der Waals surface area (Å²) < 4.78 is 31.7.